The molecule has 0 atom stereocenters. The van der Waals surface area contributed by atoms with Gasteiger partial charge < -0.3 is 21.6 Å². The molecule has 16 heavy (non-hydrogen) atoms. The number of nitrogens with zero attached hydrogens (tertiary/aromatic N) is 1. The Morgan fingerprint density at radius 1 is 1.38 bits per heavy atom. The summed E-state index contributed by atoms with van der Waals surface area (Å²) in [7, 11) is 0. The fourth-order valence-corrected chi connectivity index (χ4v) is 0.946. The average Bonchev–Trinajstić information content (AvgIpc) is 2.20. The lowest BCUT2D eigenvalue weighted by Gasteiger charge is -2.06. The summed E-state index contributed by atoms with van der Waals surface area (Å²) >= 11 is 0. The molecule has 1 aromatic carbocycles. The molecule has 0 fully saturated rings. The number of hydrogen-bond donors (Lipinski definition) is 3. The molecule has 0 radical (unpaired) electrons. The van der Waals surface area contributed by atoms with E-state index in [0.29, 0.717) is 6.54 Å². The summed E-state index contributed by atoms with van der Waals surface area (Å²) in [5.74, 6) is -1.52. The number of halogens is 2. The van der Waals surface area contributed by atoms with Crippen molar-refractivity contribution in [3.63, 3.8) is 0 Å². The van der Waals surface area contributed by atoms with Crippen molar-refractivity contribution in [2.45, 2.75) is 0 Å². The molecule has 0 aliphatic carbocycles. The lowest BCUT2D eigenvalue weighted by molar-refractivity contribution is 0.299. The van der Waals surface area contributed by atoms with E-state index < -0.39 is 11.6 Å². The van der Waals surface area contributed by atoms with Crippen molar-refractivity contribution in [1.82, 2.24) is 5.43 Å². The third-order valence-corrected chi connectivity index (χ3v) is 1.57. The Labute approximate surface area is 91.1 Å². The van der Waals surface area contributed by atoms with Crippen LogP contribution in [0.25, 0.3) is 0 Å². The van der Waals surface area contributed by atoms with Crippen molar-refractivity contribution in [2.24, 2.45) is 16.6 Å². The summed E-state index contributed by atoms with van der Waals surface area (Å²) < 4.78 is 30.6. The van der Waals surface area contributed by atoms with Crippen LogP contribution >= 0.6 is 0 Å². The molecule has 7 heteroatoms. The molecule has 0 unspecified atom stereocenters. The van der Waals surface area contributed by atoms with Gasteiger partial charge in [-0.3, -0.25) is 0 Å². The van der Waals surface area contributed by atoms with Crippen molar-refractivity contribution >= 4 is 5.96 Å². The van der Waals surface area contributed by atoms with E-state index in [1.807, 2.05) is 0 Å². The van der Waals surface area contributed by atoms with Crippen molar-refractivity contribution < 1.29 is 13.5 Å². The molecule has 0 aliphatic heterocycles. The van der Waals surface area contributed by atoms with Gasteiger partial charge in [0.05, 0.1) is 6.54 Å². The number of hydrogen-bond acceptors (Lipinski definition) is 3. The van der Waals surface area contributed by atoms with Gasteiger partial charge in [0.25, 0.3) is 0 Å². The summed E-state index contributed by atoms with van der Waals surface area (Å²) in [6.45, 7) is 0.452. The van der Waals surface area contributed by atoms with E-state index in [0.717, 1.165) is 12.1 Å². The smallest absolute Gasteiger partial charge is 0.208 e. The van der Waals surface area contributed by atoms with Gasteiger partial charge in [-0.25, -0.2) is 8.78 Å². The highest BCUT2D eigenvalue weighted by Crippen LogP contribution is 2.16. The summed E-state index contributed by atoms with van der Waals surface area (Å²) in [5, 5.41) is 3.48. The van der Waals surface area contributed by atoms with Gasteiger partial charge in [-0.05, 0) is 12.1 Å². The minimum Gasteiger partial charge on any atom is -0.489 e. The number of rotatable bonds is 5. The van der Waals surface area contributed by atoms with Crippen molar-refractivity contribution in [2.75, 3.05) is 13.2 Å². The number of nitrogens with two attached hydrogens (primary N) is 2. The molecule has 0 amide bonds. The maximum atomic E-state index is 13.0. The topological polar surface area (TPSA) is 85.7 Å². The molecule has 0 spiro atoms. The van der Waals surface area contributed by atoms with E-state index in [1.165, 1.54) is 6.07 Å². The molecular weight excluding hydrogens is 218 g/mol. The van der Waals surface area contributed by atoms with E-state index in [9.17, 15) is 8.78 Å². The molecule has 5 N–H and O–H groups in total. The normalized spacial score (nSPS) is 9.62. The molecule has 0 saturated heterocycles. The Balaban J connectivity index is 2.35. The molecule has 0 heterocycles. The zero-order valence-electron chi connectivity index (χ0n) is 8.41. The number of hydrazone groups is 1. The second kappa shape index (κ2) is 5.74. The first-order chi connectivity index (χ1) is 7.59. The maximum Gasteiger partial charge on any atom is 0.208 e. The molecule has 0 bridgehead atoms. The van der Waals surface area contributed by atoms with E-state index in [-0.39, 0.29) is 18.3 Å². The SMILES string of the molecule is NC(N)=NNCCOc1ccc(F)cc1F. The third kappa shape index (κ3) is 3.99. The van der Waals surface area contributed by atoms with Crippen molar-refractivity contribution in [1.29, 1.82) is 0 Å². The van der Waals surface area contributed by atoms with Crippen LogP contribution in [0.15, 0.2) is 23.3 Å². The lowest BCUT2D eigenvalue weighted by Crippen LogP contribution is -2.27. The number of ether oxygens (including phenoxy) is 1. The van der Waals surface area contributed by atoms with E-state index in [2.05, 4.69) is 10.5 Å². The minimum atomic E-state index is -0.748. The van der Waals surface area contributed by atoms with Crippen LogP contribution in [0, 0.1) is 11.6 Å². The Bertz CT molecular complexity index is 380. The zero-order valence-corrected chi connectivity index (χ0v) is 8.41. The van der Waals surface area contributed by atoms with Gasteiger partial charge >= 0.3 is 0 Å². The molecular formula is C9H12F2N4O. The molecule has 88 valence electrons. The van der Waals surface area contributed by atoms with Crippen LogP contribution < -0.4 is 21.6 Å². The van der Waals surface area contributed by atoms with Crippen molar-refractivity contribution in [3.05, 3.63) is 29.8 Å². The van der Waals surface area contributed by atoms with Crippen LogP contribution in [0.3, 0.4) is 0 Å². The molecule has 5 nitrogen and oxygen atoms in total. The fraction of sp³-hybridized carbons (Fsp3) is 0.222. The molecule has 1 rings (SSSR count). The van der Waals surface area contributed by atoms with Gasteiger partial charge in [-0.2, -0.15) is 0 Å². The van der Waals surface area contributed by atoms with E-state index >= 15 is 0 Å². The first kappa shape index (κ1) is 12.0. The zero-order chi connectivity index (χ0) is 12.0. The van der Waals surface area contributed by atoms with Crippen LogP contribution in [-0.2, 0) is 0 Å². The van der Waals surface area contributed by atoms with Gasteiger partial charge in [-0.15, -0.1) is 5.10 Å². The van der Waals surface area contributed by atoms with Crippen LogP contribution in [-0.4, -0.2) is 19.1 Å². The minimum absolute atomic E-state index is 0.0205. The lowest BCUT2D eigenvalue weighted by atomic mass is 10.3. The summed E-state index contributed by atoms with van der Waals surface area (Å²) in [4.78, 5) is 0. The first-order valence-corrected chi connectivity index (χ1v) is 4.49. The Morgan fingerprint density at radius 3 is 2.75 bits per heavy atom. The highest BCUT2D eigenvalue weighted by Gasteiger charge is 2.03. The monoisotopic (exact) mass is 230 g/mol. The standard InChI is InChI=1S/C9H12F2N4O/c10-6-1-2-8(7(11)5-6)16-4-3-14-15-9(12)13/h1-2,5,14H,3-4H2,(H4,12,13,15). The quantitative estimate of drug-likeness (QED) is 0.290. The molecule has 0 aliphatic rings. The van der Waals surface area contributed by atoms with E-state index in [1.54, 1.807) is 0 Å². The summed E-state index contributed by atoms with van der Waals surface area (Å²) in [5.41, 5.74) is 12.6. The Kier molecular flexibility index (Phi) is 4.31. The first-order valence-electron chi connectivity index (χ1n) is 4.49. The number of nitrogens with one attached hydrogen (secondary N) is 1. The Morgan fingerprint density at radius 2 is 2.12 bits per heavy atom. The number of guanidine groups is 1. The predicted molar refractivity (Wildman–Crippen MR) is 55.7 cm³/mol. The summed E-state index contributed by atoms with van der Waals surface area (Å²) in [6.07, 6.45) is 0. The molecule has 0 saturated carbocycles. The second-order valence-corrected chi connectivity index (χ2v) is 2.87. The molecule has 1 aromatic rings. The van der Waals surface area contributed by atoms with Gasteiger partial charge in [0.1, 0.15) is 12.4 Å². The maximum absolute atomic E-state index is 13.0. The Hall–Kier alpha value is -2.05. The average molecular weight is 230 g/mol. The van der Waals surface area contributed by atoms with Gasteiger partial charge in [0, 0.05) is 6.07 Å². The highest BCUT2D eigenvalue weighted by atomic mass is 19.1. The van der Waals surface area contributed by atoms with E-state index in [4.69, 9.17) is 16.2 Å². The second-order valence-electron chi connectivity index (χ2n) is 2.87. The van der Waals surface area contributed by atoms with Crippen LogP contribution in [0.1, 0.15) is 0 Å². The number of benzene rings is 1. The van der Waals surface area contributed by atoms with Gasteiger partial charge in [0.2, 0.25) is 5.96 Å². The summed E-state index contributed by atoms with van der Waals surface area (Å²) in [6, 6.07) is 3.08. The fourth-order valence-electron chi connectivity index (χ4n) is 0.946. The third-order valence-electron chi connectivity index (χ3n) is 1.57. The predicted octanol–water partition coefficient (Wildman–Crippen LogP) is 0.122. The van der Waals surface area contributed by atoms with Crippen LogP contribution in [0.4, 0.5) is 8.78 Å². The van der Waals surface area contributed by atoms with Gasteiger partial charge in [0.15, 0.2) is 11.6 Å². The molecule has 0 aromatic heterocycles. The van der Waals surface area contributed by atoms with Crippen LogP contribution in [0.5, 0.6) is 5.75 Å². The highest BCUT2D eigenvalue weighted by molar-refractivity contribution is 5.75. The van der Waals surface area contributed by atoms with Gasteiger partial charge in [-0.1, -0.05) is 0 Å². The largest absolute Gasteiger partial charge is 0.489 e. The van der Waals surface area contributed by atoms with Crippen molar-refractivity contribution in [3.8, 4) is 5.75 Å². The van der Waals surface area contributed by atoms with Crippen LogP contribution in [0.2, 0.25) is 0 Å².